The van der Waals surface area contributed by atoms with Crippen LogP contribution in [-0.4, -0.2) is 42.0 Å². The number of rotatable bonds is 14. The number of anilines is 3. The Bertz CT molecular complexity index is 1150. The minimum Gasteiger partial charge on any atom is -0.382 e. The van der Waals surface area contributed by atoms with Gasteiger partial charge in [0, 0.05) is 19.2 Å². The van der Waals surface area contributed by atoms with E-state index >= 15 is 0 Å². The van der Waals surface area contributed by atoms with Crippen LogP contribution in [-0.2, 0) is 10.0 Å². The first-order valence-electron chi connectivity index (χ1n) is 13.6. The highest BCUT2D eigenvalue weighted by Gasteiger charge is 2.35. The monoisotopic (exact) mass is 555 g/mol. The number of nitrogen functional groups attached to an aromatic ring is 1. The molecule has 2 N–H and O–H groups in total. The molecule has 0 amide bonds. The lowest BCUT2D eigenvalue weighted by molar-refractivity contribution is 0.152. The van der Waals surface area contributed by atoms with Crippen molar-refractivity contribution in [3.8, 4) is 0 Å². The van der Waals surface area contributed by atoms with E-state index in [4.69, 9.17) is 5.73 Å². The Hall–Kier alpha value is -2.40. The molecule has 2 heterocycles. The number of sulfonamides is 1. The summed E-state index contributed by atoms with van der Waals surface area (Å²) < 4.78 is 68.9. The molecule has 0 aliphatic carbocycles. The van der Waals surface area contributed by atoms with Crippen molar-refractivity contribution in [2.45, 2.75) is 90.0 Å². The lowest BCUT2D eigenvalue weighted by Crippen LogP contribution is -2.40. The van der Waals surface area contributed by atoms with Gasteiger partial charge < -0.3 is 10.6 Å². The third-order valence-electron chi connectivity index (χ3n) is 7.13. The minimum absolute atomic E-state index is 0.00738. The second kappa shape index (κ2) is 14.1. The van der Waals surface area contributed by atoms with Crippen LogP contribution >= 0.6 is 0 Å². The summed E-state index contributed by atoms with van der Waals surface area (Å²) in [4.78, 5) is 10.1. The lowest BCUT2D eigenvalue weighted by Gasteiger charge is -2.34. The topological polar surface area (TPSA) is 92.4 Å². The van der Waals surface area contributed by atoms with Crippen molar-refractivity contribution in [1.82, 2.24) is 14.3 Å². The fourth-order valence-corrected chi connectivity index (χ4v) is 6.77. The molecule has 1 aliphatic rings. The zero-order chi connectivity index (χ0) is 27.7. The van der Waals surface area contributed by atoms with E-state index in [1.807, 2.05) is 0 Å². The van der Waals surface area contributed by atoms with E-state index in [0.717, 1.165) is 50.3 Å². The first-order valence-corrected chi connectivity index (χ1v) is 15.2. The number of nitrogens with zero attached hydrogens (tertiary/aromatic N) is 4. The maximum atomic E-state index is 13.8. The second-order valence-electron chi connectivity index (χ2n) is 9.97. The molecule has 0 saturated carbocycles. The molecule has 0 spiro atoms. The maximum absolute atomic E-state index is 13.8. The van der Waals surface area contributed by atoms with Crippen molar-refractivity contribution in [3.05, 3.63) is 41.6 Å². The molecule has 1 aliphatic heterocycles. The number of unbranched alkanes of at least 4 members (excludes halogenated alkanes) is 7. The van der Waals surface area contributed by atoms with Crippen LogP contribution in [0.15, 0.2) is 24.4 Å². The first-order chi connectivity index (χ1) is 18.2. The number of nitrogens with two attached hydrogens (primary N) is 1. The molecule has 0 radical (unpaired) electrons. The molecule has 212 valence electrons. The molecule has 7 nitrogen and oxygen atoms in total. The van der Waals surface area contributed by atoms with Gasteiger partial charge in [-0.25, -0.2) is 31.6 Å². The summed E-state index contributed by atoms with van der Waals surface area (Å²) >= 11 is 0. The molecule has 11 heteroatoms. The van der Waals surface area contributed by atoms with Gasteiger partial charge in [0.05, 0.1) is 23.7 Å². The summed E-state index contributed by atoms with van der Waals surface area (Å²) in [5.74, 6) is -0.280. The first kappa shape index (κ1) is 30.1. The molecule has 1 saturated heterocycles. The van der Waals surface area contributed by atoms with Crippen molar-refractivity contribution in [3.63, 3.8) is 0 Å². The zero-order valence-corrected chi connectivity index (χ0v) is 23.2. The van der Waals surface area contributed by atoms with Gasteiger partial charge in [0.2, 0.25) is 10.0 Å². The van der Waals surface area contributed by atoms with Crippen LogP contribution in [0.1, 0.15) is 101 Å². The zero-order valence-electron chi connectivity index (χ0n) is 22.4. The standard InChI is InChI=1S/C27H40F3N5O2S/c1-3-4-5-6-7-8-9-12-17-38(36,37)35-16-11-10-13-22(35)27-32-19-24(26(31)33-27)34(2)23-18-20(28)14-15-21(23)25(29)30/h14-15,18-19,22,25H,3-13,16-17H2,1-2H3,(H2,31,32,33). The van der Waals surface area contributed by atoms with E-state index in [1.54, 1.807) is 0 Å². The molecule has 1 aromatic carbocycles. The Morgan fingerprint density at radius 2 is 1.76 bits per heavy atom. The van der Waals surface area contributed by atoms with Gasteiger partial charge in [-0.3, -0.25) is 0 Å². The summed E-state index contributed by atoms with van der Waals surface area (Å²) in [5.41, 5.74) is 6.04. The maximum Gasteiger partial charge on any atom is 0.265 e. The second-order valence-corrected chi connectivity index (χ2v) is 12.0. The van der Waals surface area contributed by atoms with Gasteiger partial charge in [-0.05, 0) is 37.5 Å². The highest BCUT2D eigenvalue weighted by molar-refractivity contribution is 7.89. The van der Waals surface area contributed by atoms with Crippen molar-refractivity contribution >= 4 is 27.2 Å². The Morgan fingerprint density at radius 1 is 1.08 bits per heavy atom. The average molecular weight is 556 g/mol. The molecule has 1 aromatic heterocycles. The highest BCUT2D eigenvalue weighted by Crippen LogP contribution is 2.37. The SMILES string of the molecule is CCCCCCCCCCS(=O)(=O)N1CCCCC1c1ncc(N(C)c2cc(F)ccc2C(F)F)c(N)n1. The molecule has 2 aromatic rings. The van der Waals surface area contributed by atoms with E-state index in [9.17, 15) is 21.6 Å². The van der Waals surface area contributed by atoms with Crippen LogP contribution in [0.3, 0.4) is 0 Å². The predicted molar refractivity (Wildman–Crippen MR) is 146 cm³/mol. The average Bonchev–Trinajstić information content (AvgIpc) is 2.89. The molecule has 38 heavy (non-hydrogen) atoms. The summed E-state index contributed by atoms with van der Waals surface area (Å²) in [6.45, 7) is 2.58. The number of halogens is 3. The number of hydrogen-bond donors (Lipinski definition) is 1. The molecular formula is C27H40F3N5O2S. The van der Waals surface area contributed by atoms with Crippen molar-refractivity contribution < 1.29 is 21.6 Å². The van der Waals surface area contributed by atoms with E-state index in [0.29, 0.717) is 19.4 Å². The highest BCUT2D eigenvalue weighted by atomic mass is 32.2. The largest absolute Gasteiger partial charge is 0.382 e. The normalized spacial score (nSPS) is 16.7. The fraction of sp³-hybridized carbons (Fsp3) is 0.630. The van der Waals surface area contributed by atoms with E-state index in [2.05, 4.69) is 16.9 Å². The van der Waals surface area contributed by atoms with E-state index in [1.165, 1.54) is 48.1 Å². The predicted octanol–water partition coefficient (Wildman–Crippen LogP) is 6.90. The van der Waals surface area contributed by atoms with Crippen LogP contribution in [0.4, 0.5) is 30.4 Å². The molecule has 3 rings (SSSR count). The van der Waals surface area contributed by atoms with Gasteiger partial charge >= 0.3 is 0 Å². The molecule has 1 fully saturated rings. The molecule has 1 atom stereocenters. The summed E-state index contributed by atoms with van der Waals surface area (Å²) in [6, 6.07) is 2.49. The van der Waals surface area contributed by atoms with Gasteiger partial charge in [-0.15, -0.1) is 0 Å². The Kier molecular flexibility index (Phi) is 11.2. The Balaban J connectivity index is 1.71. The minimum atomic E-state index is -3.51. The van der Waals surface area contributed by atoms with Crippen LogP contribution in [0, 0.1) is 5.82 Å². The van der Waals surface area contributed by atoms with Gasteiger partial charge in [0.15, 0.2) is 5.82 Å². The van der Waals surface area contributed by atoms with Crippen LogP contribution < -0.4 is 10.6 Å². The van der Waals surface area contributed by atoms with Crippen molar-refractivity contribution in [2.75, 3.05) is 30.0 Å². The number of aromatic nitrogens is 2. The van der Waals surface area contributed by atoms with Crippen LogP contribution in [0.5, 0.6) is 0 Å². The molecular weight excluding hydrogens is 515 g/mol. The third-order valence-corrected chi connectivity index (χ3v) is 9.09. The third kappa shape index (κ3) is 7.81. The van der Waals surface area contributed by atoms with Crippen molar-refractivity contribution in [2.24, 2.45) is 0 Å². The molecule has 0 bridgehead atoms. The number of piperidine rings is 1. The fourth-order valence-electron chi connectivity index (χ4n) is 4.98. The van der Waals surface area contributed by atoms with Gasteiger partial charge in [-0.1, -0.05) is 58.3 Å². The smallest absolute Gasteiger partial charge is 0.265 e. The van der Waals surface area contributed by atoms with Gasteiger partial charge in [0.1, 0.15) is 17.3 Å². The lowest BCUT2D eigenvalue weighted by atomic mass is 10.0. The van der Waals surface area contributed by atoms with E-state index < -0.39 is 28.3 Å². The van der Waals surface area contributed by atoms with Crippen molar-refractivity contribution in [1.29, 1.82) is 0 Å². The van der Waals surface area contributed by atoms with Gasteiger partial charge in [-0.2, -0.15) is 4.31 Å². The molecule has 1 unspecified atom stereocenters. The number of alkyl halides is 2. The Labute approximate surface area is 224 Å². The quantitative estimate of drug-likeness (QED) is 0.255. The van der Waals surface area contributed by atoms with Crippen LogP contribution in [0.2, 0.25) is 0 Å². The van der Waals surface area contributed by atoms with E-state index in [-0.39, 0.29) is 34.3 Å². The summed E-state index contributed by atoms with van der Waals surface area (Å²) in [5, 5.41) is 0. The summed E-state index contributed by atoms with van der Waals surface area (Å²) in [7, 11) is -2.02. The van der Waals surface area contributed by atoms with Crippen LogP contribution in [0.25, 0.3) is 0 Å². The number of benzene rings is 1. The van der Waals surface area contributed by atoms with Gasteiger partial charge in [0.25, 0.3) is 6.43 Å². The number of hydrogen-bond acceptors (Lipinski definition) is 6. The summed E-state index contributed by atoms with van der Waals surface area (Å²) in [6.07, 6.45) is 9.30. The Morgan fingerprint density at radius 3 is 2.42 bits per heavy atom.